The molecule has 0 saturated heterocycles. The predicted octanol–water partition coefficient (Wildman–Crippen LogP) is 3.02. The largest absolute Gasteiger partial charge is 0.320 e. The summed E-state index contributed by atoms with van der Waals surface area (Å²) in [5.41, 5.74) is 4.21. The van der Waals surface area contributed by atoms with Crippen LogP contribution in [-0.4, -0.2) is 13.6 Å². The number of nitrogens with one attached hydrogen (secondary N) is 1. The Kier molecular flexibility index (Phi) is 4.15. The summed E-state index contributed by atoms with van der Waals surface area (Å²) in [6, 6.07) is 6.83. The Hall–Kier alpha value is -0.820. The fourth-order valence-corrected chi connectivity index (χ4v) is 1.82. The number of hydrogen-bond donors (Lipinski definition) is 1. The number of benzene rings is 1. The van der Waals surface area contributed by atoms with Gasteiger partial charge >= 0.3 is 0 Å². The van der Waals surface area contributed by atoms with Gasteiger partial charge < -0.3 is 5.32 Å². The van der Waals surface area contributed by atoms with E-state index < -0.39 is 0 Å². The van der Waals surface area contributed by atoms with Crippen LogP contribution in [0.15, 0.2) is 18.2 Å². The molecule has 0 aromatic heterocycles. The normalized spacial score (nSPS) is 12.9. The third-order valence-electron chi connectivity index (χ3n) is 2.64. The van der Waals surface area contributed by atoms with Gasteiger partial charge in [0.15, 0.2) is 0 Å². The lowest BCUT2D eigenvalue weighted by atomic mass is 9.94. The number of aryl methyl sites for hydroxylation is 2. The molecule has 1 heteroatoms. The van der Waals surface area contributed by atoms with Crippen LogP contribution < -0.4 is 5.32 Å². The van der Waals surface area contributed by atoms with E-state index in [2.05, 4.69) is 44.3 Å². The monoisotopic (exact) mass is 191 g/mol. The lowest BCUT2D eigenvalue weighted by molar-refractivity contribution is 0.636. The second-order valence-electron chi connectivity index (χ2n) is 4.21. The molecular formula is C13H21N. The van der Waals surface area contributed by atoms with Crippen molar-refractivity contribution in [2.75, 3.05) is 13.6 Å². The van der Waals surface area contributed by atoms with Gasteiger partial charge in [-0.2, -0.15) is 0 Å². The van der Waals surface area contributed by atoms with Gasteiger partial charge in [-0.3, -0.25) is 0 Å². The molecule has 1 N–H and O–H groups in total. The molecule has 1 aromatic rings. The minimum absolute atomic E-state index is 0.654. The Bertz CT molecular complexity index is 271. The summed E-state index contributed by atoms with van der Waals surface area (Å²) in [5, 5.41) is 3.20. The molecule has 0 aliphatic rings. The van der Waals surface area contributed by atoms with Crippen LogP contribution in [0.3, 0.4) is 0 Å². The van der Waals surface area contributed by atoms with E-state index in [0.717, 1.165) is 6.54 Å². The Morgan fingerprint density at radius 1 is 1.14 bits per heavy atom. The Morgan fingerprint density at radius 3 is 2.21 bits per heavy atom. The highest BCUT2D eigenvalue weighted by atomic mass is 14.8. The molecule has 1 nitrogen and oxygen atoms in total. The number of hydrogen-bond acceptors (Lipinski definition) is 1. The van der Waals surface area contributed by atoms with Crippen molar-refractivity contribution in [3.05, 3.63) is 34.9 Å². The number of rotatable bonds is 4. The van der Waals surface area contributed by atoms with Crippen molar-refractivity contribution >= 4 is 0 Å². The molecular weight excluding hydrogens is 170 g/mol. The minimum Gasteiger partial charge on any atom is -0.320 e. The van der Waals surface area contributed by atoms with Crippen LogP contribution in [0.5, 0.6) is 0 Å². The summed E-state index contributed by atoms with van der Waals surface area (Å²) >= 11 is 0. The molecule has 0 saturated carbocycles. The van der Waals surface area contributed by atoms with Crippen molar-refractivity contribution in [2.45, 2.75) is 33.1 Å². The molecule has 78 valence electrons. The van der Waals surface area contributed by atoms with Gasteiger partial charge in [0.05, 0.1) is 0 Å². The second-order valence-corrected chi connectivity index (χ2v) is 4.21. The van der Waals surface area contributed by atoms with Crippen molar-refractivity contribution in [3.8, 4) is 0 Å². The van der Waals surface area contributed by atoms with Crippen LogP contribution in [0.2, 0.25) is 0 Å². The Morgan fingerprint density at radius 2 is 1.71 bits per heavy atom. The first kappa shape index (κ1) is 11.3. The quantitative estimate of drug-likeness (QED) is 0.771. The van der Waals surface area contributed by atoms with Crippen LogP contribution in [0.1, 0.15) is 36.0 Å². The first-order chi connectivity index (χ1) is 6.63. The first-order valence-corrected chi connectivity index (χ1v) is 5.36. The van der Waals surface area contributed by atoms with Gasteiger partial charge in [-0.05, 0) is 45.3 Å². The van der Waals surface area contributed by atoms with Gasteiger partial charge in [0.2, 0.25) is 0 Å². The highest BCUT2D eigenvalue weighted by Crippen LogP contribution is 2.20. The van der Waals surface area contributed by atoms with E-state index in [1.54, 1.807) is 0 Å². The summed E-state index contributed by atoms with van der Waals surface area (Å²) in [5.74, 6) is 0.654. The average Bonchev–Trinajstić information content (AvgIpc) is 2.12. The summed E-state index contributed by atoms with van der Waals surface area (Å²) in [6.07, 6.45) is 1.21. The van der Waals surface area contributed by atoms with Crippen molar-refractivity contribution in [1.29, 1.82) is 0 Å². The lowest BCUT2D eigenvalue weighted by Crippen LogP contribution is -2.10. The van der Waals surface area contributed by atoms with Gasteiger partial charge in [-0.1, -0.05) is 36.2 Å². The smallest absolute Gasteiger partial charge is 0.00462 e. The molecule has 0 bridgehead atoms. The maximum Gasteiger partial charge on any atom is -0.00462 e. The second kappa shape index (κ2) is 5.16. The third kappa shape index (κ3) is 3.15. The van der Waals surface area contributed by atoms with E-state index in [9.17, 15) is 0 Å². The molecule has 0 aliphatic heterocycles. The first-order valence-electron chi connectivity index (χ1n) is 5.36. The summed E-state index contributed by atoms with van der Waals surface area (Å²) in [6.45, 7) is 7.72. The molecule has 1 unspecified atom stereocenters. The molecule has 0 amide bonds. The fraction of sp³-hybridized carbons (Fsp3) is 0.538. The SMILES string of the molecule is CNCCC(C)c1cc(C)cc(C)c1. The van der Waals surface area contributed by atoms with Crippen LogP contribution in [-0.2, 0) is 0 Å². The van der Waals surface area contributed by atoms with E-state index in [1.807, 2.05) is 7.05 Å². The van der Waals surface area contributed by atoms with E-state index >= 15 is 0 Å². The zero-order chi connectivity index (χ0) is 10.6. The van der Waals surface area contributed by atoms with Gasteiger partial charge in [0.1, 0.15) is 0 Å². The van der Waals surface area contributed by atoms with E-state index in [1.165, 1.54) is 23.1 Å². The predicted molar refractivity (Wildman–Crippen MR) is 62.9 cm³/mol. The van der Waals surface area contributed by atoms with Crippen molar-refractivity contribution in [2.24, 2.45) is 0 Å². The molecule has 0 spiro atoms. The summed E-state index contributed by atoms with van der Waals surface area (Å²) in [4.78, 5) is 0. The maximum atomic E-state index is 3.20. The molecule has 1 rings (SSSR count). The molecule has 1 atom stereocenters. The molecule has 0 heterocycles. The zero-order valence-corrected chi connectivity index (χ0v) is 9.72. The lowest BCUT2D eigenvalue weighted by Gasteiger charge is -2.13. The molecule has 0 radical (unpaired) electrons. The molecule has 0 fully saturated rings. The van der Waals surface area contributed by atoms with Gasteiger partial charge in [-0.15, -0.1) is 0 Å². The van der Waals surface area contributed by atoms with Gasteiger partial charge in [0.25, 0.3) is 0 Å². The molecule has 14 heavy (non-hydrogen) atoms. The topological polar surface area (TPSA) is 12.0 Å². The van der Waals surface area contributed by atoms with E-state index in [-0.39, 0.29) is 0 Å². The Labute approximate surface area is 87.5 Å². The Balaban J connectivity index is 2.73. The highest BCUT2D eigenvalue weighted by Gasteiger charge is 2.05. The highest BCUT2D eigenvalue weighted by molar-refractivity contribution is 5.30. The van der Waals surface area contributed by atoms with Crippen molar-refractivity contribution < 1.29 is 0 Å². The molecule has 0 aliphatic carbocycles. The molecule has 1 aromatic carbocycles. The minimum atomic E-state index is 0.654. The van der Waals surface area contributed by atoms with E-state index in [4.69, 9.17) is 0 Å². The van der Waals surface area contributed by atoms with E-state index in [0.29, 0.717) is 5.92 Å². The van der Waals surface area contributed by atoms with Crippen molar-refractivity contribution in [3.63, 3.8) is 0 Å². The van der Waals surface area contributed by atoms with Gasteiger partial charge in [-0.25, -0.2) is 0 Å². The van der Waals surface area contributed by atoms with Crippen LogP contribution in [0, 0.1) is 13.8 Å². The third-order valence-corrected chi connectivity index (χ3v) is 2.64. The van der Waals surface area contributed by atoms with Crippen LogP contribution in [0.25, 0.3) is 0 Å². The summed E-state index contributed by atoms with van der Waals surface area (Å²) < 4.78 is 0. The van der Waals surface area contributed by atoms with Crippen LogP contribution in [0.4, 0.5) is 0 Å². The van der Waals surface area contributed by atoms with Crippen molar-refractivity contribution in [1.82, 2.24) is 5.32 Å². The fourth-order valence-electron chi connectivity index (χ4n) is 1.82. The van der Waals surface area contributed by atoms with Crippen LogP contribution >= 0.6 is 0 Å². The zero-order valence-electron chi connectivity index (χ0n) is 9.72. The maximum absolute atomic E-state index is 3.20. The standard InChI is InChI=1S/C13H21N/c1-10-7-11(2)9-13(8-10)12(3)5-6-14-4/h7-9,12,14H,5-6H2,1-4H3. The summed E-state index contributed by atoms with van der Waals surface area (Å²) in [7, 11) is 2.01. The van der Waals surface area contributed by atoms with Gasteiger partial charge in [0, 0.05) is 0 Å². The average molecular weight is 191 g/mol.